The van der Waals surface area contributed by atoms with Crippen LogP contribution >= 0.6 is 0 Å². The Morgan fingerprint density at radius 2 is 1.92 bits per heavy atom. The number of likely N-dealkylation sites (tertiary alicyclic amines) is 1. The van der Waals surface area contributed by atoms with Gasteiger partial charge in [0.25, 0.3) is 0 Å². The summed E-state index contributed by atoms with van der Waals surface area (Å²) in [5.41, 5.74) is 0.363. The summed E-state index contributed by atoms with van der Waals surface area (Å²) in [5.74, 6) is -2.60. The van der Waals surface area contributed by atoms with Gasteiger partial charge in [0.05, 0.1) is 16.7 Å². The first-order valence-electron chi connectivity index (χ1n) is 8.11. The summed E-state index contributed by atoms with van der Waals surface area (Å²) < 4.78 is 23.0. The van der Waals surface area contributed by atoms with E-state index in [0.29, 0.717) is 18.7 Å². The van der Waals surface area contributed by atoms with E-state index in [9.17, 15) is 22.8 Å². The molecular weight excluding hydrogens is 362 g/mol. The van der Waals surface area contributed by atoms with E-state index in [4.69, 9.17) is 10.2 Å². The SMILES string of the molecule is NS(=O)(=O)c1cccc(N2CC(C(=O)N3CCC(C(=O)O)C3)CC2=O)c1. The minimum absolute atomic E-state index is 0.00662. The number of benzene rings is 1. The summed E-state index contributed by atoms with van der Waals surface area (Å²) in [6.07, 6.45) is 0.411. The molecule has 1 aromatic rings. The van der Waals surface area contributed by atoms with Crippen LogP contribution in [0.5, 0.6) is 0 Å². The molecule has 9 nitrogen and oxygen atoms in total. The predicted molar refractivity (Wildman–Crippen MR) is 90.6 cm³/mol. The number of amides is 2. The highest BCUT2D eigenvalue weighted by atomic mass is 32.2. The van der Waals surface area contributed by atoms with Gasteiger partial charge in [-0.1, -0.05) is 6.07 Å². The third-order valence-corrected chi connectivity index (χ3v) is 5.69. The summed E-state index contributed by atoms with van der Waals surface area (Å²) in [5, 5.41) is 14.2. The van der Waals surface area contributed by atoms with Crippen molar-refractivity contribution in [2.75, 3.05) is 24.5 Å². The molecule has 2 atom stereocenters. The molecule has 0 saturated carbocycles. The molecule has 0 spiro atoms. The standard InChI is InChI=1S/C16H19N3O6S/c17-26(24,25)13-3-1-2-12(7-13)19-9-11(6-14(19)20)15(21)18-5-4-10(8-18)16(22)23/h1-3,7,10-11H,4-6,8-9H2,(H,22,23)(H2,17,24,25). The number of carboxylic acids is 1. The zero-order valence-electron chi connectivity index (χ0n) is 13.9. The zero-order valence-corrected chi connectivity index (χ0v) is 14.7. The van der Waals surface area contributed by atoms with Crippen LogP contribution in [-0.2, 0) is 24.4 Å². The Morgan fingerprint density at radius 3 is 2.54 bits per heavy atom. The van der Waals surface area contributed by atoms with Crippen molar-refractivity contribution in [2.45, 2.75) is 17.7 Å². The molecule has 2 saturated heterocycles. The second-order valence-electron chi connectivity index (χ2n) is 6.56. The molecule has 0 radical (unpaired) electrons. The summed E-state index contributed by atoms with van der Waals surface area (Å²) >= 11 is 0. The van der Waals surface area contributed by atoms with Crippen LogP contribution in [0.15, 0.2) is 29.2 Å². The van der Waals surface area contributed by atoms with Gasteiger partial charge in [-0.05, 0) is 24.6 Å². The minimum Gasteiger partial charge on any atom is -0.481 e. The lowest BCUT2D eigenvalue weighted by Crippen LogP contribution is -2.36. The monoisotopic (exact) mass is 381 g/mol. The van der Waals surface area contributed by atoms with Crippen LogP contribution in [0, 0.1) is 11.8 Å². The number of hydrogen-bond acceptors (Lipinski definition) is 5. The Bertz CT molecular complexity index is 868. The normalized spacial score (nSPS) is 23.5. The van der Waals surface area contributed by atoms with E-state index in [-0.39, 0.29) is 36.2 Å². The van der Waals surface area contributed by atoms with Gasteiger partial charge in [-0.25, -0.2) is 13.6 Å². The highest BCUT2D eigenvalue weighted by Crippen LogP contribution is 2.29. The van der Waals surface area contributed by atoms with E-state index in [2.05, 4.69) is 0 Å². The molecule has 2 aliphatic heterocycles. The average Bonchev–Trinajstić information content (AvgIpc) is 3.20. The predicted octanol–water partition coefficient (Wildman–Crippen LogP) is -0.380. The summed E-state index contributed by atoms with van der Waals surface area (Å²) in [6, 6.07) is 5.69. The first kappa shape index (κ1) is 18.3. The molecule has 0 aromatic heterocycles. The lowest BCUT2D eigenvalue weighted by atomic mass is 10.1. The van der Waals surface area contributed by atoms with Gasteiger partial charge in [0, 0.05) is 31.7 Å². The zero-order chi connectivity index (χ0) is 19.1. The average molecular weight is 381 g/mol. The molecule has 2 amide bonds. The first-order chi connectivity index (χ1) is 12.2. The fourth-order valence-electron chi connectivity index (χ4n) is 3.37. The molecular formula is C16H19N3O6S. The number of hydrogen-bond donors (Lipinski definition) is 2. The van der Waals surface area contributed by atoms with Crippen LogP contribution < -0.4 is 10.0 Å². The molecule has 1 aromatic carbocycles. The number of nitrogens with zero attached hydrogens (tertiary/aromatic N) is 2. The van der Waals surface area contributed by atoms with Crippen molar-refractivity contribution in [2.24, 2.45) is 17.0 Å². The van der Waals surface area contributed by atoms with Crippen molar-refractivity contribution in [3.63, 3.8) is 0 Å². The molecule has 2 fully saturated rings. The smallest absolute Gasteiger partial charge is 0.308 e. The van der Waals surface area contributed by atoms with Crippen LogP contribution in [0.2, 0.25) is 0 Å². The maximum absolute atomic E-state index is 12.6. The lowest BCUT2D eigenvalue weighted by molar-refractivity contribution is -0.141. The van der Waals surface area contributed by atoms with Crippen LogP contribution in [0.3, 0.4) is 0 Å². The van der Waals surface area contributed by atoms with Crippen molar-refractivity contribution in [1.29, 1.82) is 0 Å². The highest BCUT2D eigenvalue weighted by Gasteiger charge is 2.40. The number of aliphatic carboxylic acids is 1. The number of sulfonamides is 1. The van der Waals surface area contributed by atoms with E-state index in [1.165, 1.54) is 28.0 Å². The number of nitrogens with two attached hydrogens (primary N) is 1. The Hall–Kier alpha value is -2.46. The van der Waals surface area contributed by atoms with Crippen LogP contribution in [0.1, 0.15) is 12.8 Å². The van der Waals surface area contributed by atoms with E-state index >= 15 is 0 Å². The van der Waals surface area contributed by atoms with Crippen LogP contribution in [0.25, 0.3) is 0 Å². The van der Waals surface area contributed by atoms with Gasteiger partial charge in [-0.15, -0.1) is 0 Å². The number of carbonyl (C=O) groups is 3. The van der Waals surface area contributed by atoms with Crippen molar-refractivity contribution in [3.8, 4) is 0 Å². The second kappa shape index (κ2) is 6.69. The maximum atomic E-state index is 12.6. The fraction of sp³-hybridized carbons (Fsp3) is 0.438. The number of anilines is 1. The molecule has 2 aliphatic rings. The summed E-state index contributed by atoms with van der Waals surface area (Å²) in [4.78, 5) is 38.7. The summed E-state index contributed by atoms with van der Waals surface area (Å²) in [6.45, 7) is 0.640. The molecule has 140 valence electrons. The highest BCUT2D eigenvalue weighted by molar-refractivity contribution is 7.89. The van der Waals surface area contributed by atoms with Crippen molar-refractivity contribution < 1.29 is 27.9 Å². The van der Waals surface area contributed by atoms with Gasteiger partial charge < -0.3 is 14.9 Å². The largest absolute Gasteiger partial charge is 0.481 e. The molecule has 3 N–H and O–H groups in total. The fourth-order valence-corrected chi connectivity index (χ4v) is 3.92. The molecule has 0 aliphatic carbocycles. The van der Waals surface area contributed by atoms with Gasteiger partial charge in [-0.3, -0.25) is 14.4 Å². The number of rotatable bonds is 4. The summed E-state index contributed by atoms with van der Waals surface area (Å²) in [7, 11) is -3.90. The first-order valence-corrected chi connectivity index (χ1v) is 9.66. The molecule has 26 heavy (non-hydrogen) atoms. The van der Waals surface area contributed by atoms with Gasteiger partial charge >= 0.3 is 5.97 Å². The Labute approximate surface area is 150 Å². The van der Waals surface area contributed by atoms with E-state index in [1.807, 2.05) is 0 Å². The molecule has 0 bridgehead atoms. The van der Waals surface area contributed by atoms with Crippen LogP contribution in [0.4, 0.5) is 5.69 Å². The minimum atomic E-state index is -3.90. The van der Waals surface area contributed by atoms with E-state index in [0.717, 1.165) is 0 Å². The van der Waals surface area contributed by atoms with Crippen molar-refractivity contribution >= 4 is 33.5 Å². The quantitative estimate of drug-likeness (QED) is 0.729. The Morgan fingerprint density at radius 1 is 1.19 bits per heavy atom. The molecule has 3 rings (SSSR count). The molecule has 2 heterocycles. The number of carbonyl (C=O) groups excluding carboxylic acids is 2. The Kier molecular flexibility index (Phi) is 4.72. The third-order valence-electron chi connectivity index (χ3n) is 4.78. The van der Waals surface area contributed by atoms with Gasteiger partial charge in [0.15, 0.2) is 0 Å². The lowest BCUT2D eigenvalue weighted by Gasteiger charge is -2.21. The third kappa shape index (κ3) is 3.56. The Balaban J connectivity index is 1.73. The van der Waals surface area contributed by atoms with Crippen LogP contribution in [-0.4, -0.2) is 55.8 Å². The van der Waals surface area contributed by atoms with E-state index < -0.39 is 27.8 Å². The van der Waals surface area contributed by atoms with Gasteiger partial charge in [0.2, 0.25) is 21.8 Å². The molecule has 2 unspecified atom stereocenters. The van der Waals surface area contributed by atoms with Crippen molar-refractivity contribution in [1.82, 2.24) is 4.90 Å². The molecule has 10 heteroatoms. The van der Waals surface area contributed by atoms with Gasteiger partial charge in [-0.2, -0.15) is 0 Å². The number of primary sulfonamides is 1. The van der Waals surface area contributed by atoms with E-state index in [1.54, 1.807) is 6.07 Å². The van der Waals surface area contributed by atoms with Gasteiger partial charge in [0.1, 0.15) is 0 Å². The maximum Gasteiger partial charge on any atom is 0.308 e. The van der Waals surface area contributed by atoms with Crippen molar-refractivity contribution in [3.05, 3.63) is 24.3 Å². The number of carboxylic acid groups (broad SMARTS) is 1. The topological polar surface area (TPSA) is 138 Å². The second-order valence-corrected chi connectivity index (χ2v) is 8.12.